The van der Waals surface area contributed by atoms with Crippen LogP contribution >= 0.6 is 0 Å². The number of fused-ring (bicyclic) bond motifs is 4. The van der Waals surface area contributed by atoms with Gasteiger partial charge >= 0.3 is 0 Å². The van der Waals surface area contributed by atoms with Crippen molar-refractivity contribution in [1.29, 1.82) is 0 Å². The molecule has 0 unspecified atom stereocenters. The number of aryl methyl sites for hydroxylation is 1. The lowest BCUT2D eigenvalue weighted by Gasteiger charge is -2.24. The third-order valence-corrected chi connectivity index (χ3v) is 5.45. The number of nitrogens with one attached hydrogen (secondary N) is 1. The van der Waals surface area contributed by atoms with Crippen LogP contribution in [0.5, 0.6) is 5.88 Å². The van der Waals surface area contributed by atoms with E-state index in [-0.39, 0.29) is 0 Å². The van der Waals surface area contributed by atoms with Gasteiger partial charge in [-0.1, -0.05) is 19.1 Å². The van der Waals surface area contributed by atoms with Gasteiger partial charge in [0.1, 0.15) is 0 Å². The zero-order valence-corrected chi connectivity index (χ0v) is 17.3. The zero-order chi connectivity index (χ0) is 19.8. The number of anilines is 1. The van der Waals surface area contributed by atoms with Crippen LogP contribution in [0.3, 0.4) is 0 Å². The van der Waals surface area contributed by atoms with Crippen molar-refractivity contribution in [3.8, 4) is 5.88 Å². The number of ether oxygens (including phenoxy) is 1. The highest BCUT2D eigenvalue weighted by molar-refractivity contribution is 5.90. The fraction of sp³-hybridized carbons (Fsp3) is 0.391. The SMILES string of the molecule is COc1cc2c(cn1)=C1C(=CCc3c(C)ccc(NC[C@@H](C)CN(C)C)c31)N=2. The molecule has 4 rings (SSSR count). The van der Waals surface area contributed by atoms with Crippen molar-refractivity contribution in [3.63, 3.8) is 0 Å². The van der Waals surface area contributed by atoms with Crippen LogP contribution in [0, 0.1) is 12.8 Å². The molecule has 1 N–H and O–H groups in total. The number of rotatable bonds is 6. The molecule has 1 atom stereocenters. The van der Waals surface area contributed by atoms with Crippen molar-refractivity contribution in [1.82, 2.24) is 9.88 Å². The van der Waals surface area contributed by atoms with Crippen LogP contribution in [0.2, 0.25) is 0 Å². The minimum Gasteiger partial charge on any atom is -0.481 e. The molecule has 146 valence electrons. The quantitative estimate of drug-likeness (QED) is 0.840. The number of pyridine rings is 1. The van der Waals surface area contributed by atoms with Gasteiger partial charge in [-0.05, 0) is 50.6 Å². The van der Waals surface area contributed by atoms with Gasteiger partial charge in [-0.2, -0.15) is 0 Å². The summed E-state index contributed by atoms with van der Waals surface area (Å²) >= 11 is 0. The van der Waals surface area contributed by atoms with Gasteiger partial charge in [-0.15, -0.1) is 0 Å². The predicted octanol–water partition coefficient (Wildman–Crippen LogP) is 2.28. The fourth-order valence-corrected chi connectivity index (χ4v) is 4.18. The van der Waals surface area contributed by atoms with E-state index in [9.17, 15) is 0 Å². The highest BCUT2D eigenvalue weighted by Gasteiger charge is 2.26. The number of benzene rings is 1. The lowest BCUT2D eigenvalue weighted by atomic mass is 9.86. The van der Waals surface area contributed by atoms with E-state index in [4.69, 9.17) is 9.73 Å². The Bertz CT molecular complexity index is 1070. The second-order valence-electron chi connectivity index (χ2n) is 8.06. The Morgan fingerprint density at radius 2 is 2.11 bits per heavy atom. The van der Waals surface area contributed by atoms with Crippen LogP contribution in [-0.4, -0.2) is 44.2 Å². The molecule has 28 heavy (non-hydrogen) atoms. The smallest absolute Gasteiger partial charge is 0.215 e. The van der Waals surface area contributed by atoms with Crippen molar-refractivity contribution in [2.24, 2.45) is 10.9 Å². The summed E-state index contributed by atoms with van der Waals surface area (Å²) < 4.78 is 5.29. The summed E-state index contributed by atoms with van der Waals surface area (Å²) in [5, 5.41) is 5.74. The van der Waals surface area contributed by atoms with E-state index in [1.807, 2.05) is 12.3 Å². The molecule has 0 saturated carbocycles. The average molecular weight is 377 g/mol. The summed E-state index contributed by atoms with van der Waals surface area (Å²) in [5.74, 6) is 1.16. The Labute approximate surface area is 166 Å². The standard InChI is InChI=1S/C23H28N4O/c1-14(13-27(3)4)11-24-18-8-6-15(2)16-7-9-19-23(22(16)18)17-12-25-21(28-5)10-20(17)26-19/h6,8-10,12,14,24H,7,11,13H2,1-5H3/t14-/m1/s1. The first-order valence-electron chi connectivity index (χ1n) is 9.83. The first kappa shape index (κ1) is 18.7. The van der Waals surface area contributed by atoms with Crippen LogP contribution in [0.25, 0.3) is 5.57 Å². The van der Waals surface area contributed by atoms with Gasteiger partial charge in [-0.25, -0.2) is 9.98 Å². The molecule has 0 saturated heterocycles. The largest absolute Gasteiger partial charge is 0.481 e. The Balaban J connectivity index is 1.80. The number of aromatic nitrogens is 1. The topological polar surface area (TPSA) is 49.8 Å². The molecule has 0 spiro atoms. The van der Waals surface area contributed by atoms with Crippen LogP contribution in [0.1, 0.15) is 23.6 Å². The summed E-state index contributed by atoms with van der Waals surface area (Å²) in [7, 11) is 5.88. The third-order valence-electron chi connectivity index (χ3n) is 5.45. The lowest BCUT2D eigenvalue weighted by molar-refractivity contribution is 0.347. The number of nitrogens with zero attached hydrogens (tertiary/aromatic N) is 3. The van der Waals surface area contributed by atoms with Gasteiger partial charge < -0.3 is 15.0 Å². The maximum absolute atomic E-state index is 5.29. The first-order valence-corrected chi connectivity index (χ1v) is 9.83. The van der Waals surface area contributed by atoms with E-state index < -0.39 is 0 Å². The van der Waals surface area contributed by atoms with Crippen molar-refractivity contribution in [2.75, 3.05) is 39.6 Å². The highest BCUT2D eigenvalue weighted by atomic mass is 16.5. The molecular weight excluding hydrogens is 348 g/mol. The molecule has 2 aromatic rings. The second kappa shape index (κ2) is 7.40. The van der Waals surface area contributed by atoms with E-state index in [1.165, 1.54) is 28.0 Å². The summed E-state index contributed by atoms with van der Waals surface area (Å²) in [6.45, 7) is 6.47. The zero-order valence-electron chi connectivity index (χ0n) is 17.3. The van der Waals surface area contributed by atoms with Gasteiger partial charge in [0.15, 0.2) is 0 Å². The number of methoxy groups -OCH3 is 1. The molecular formula is C23H28N4O. The minimum atomic E-state index is 0.557. The van der Waals surface area contributed by atoms with Crippen LogP contribution in [0.4, 0.5) is 5.69 Å². The third kappa shape index (κ3) is 3.31. The number of hydrogen-bond acceptors (Lipinski definition) is 5. The normalized spacial score (nSPS) is 15.4. The summed E-state index contributed by atoms with van der Waals surface area (Å²) in [6, 6.07) is 6.35. The summed E-state index contributed by atoms with van der Waals surface area (Å²) in [4.78, 5) is 11.5. The Morgan fingerprint density at radius 1 is 1.29 bits per heavy atom. The first-order chi connectivity index (χ1) is 13.5. The predicted molar refractivity (Wildman–Crippen MR) is 113 cm³/mol. The lowest BCUT2D eigenvalue weighted by Crippen LogP contribution is -2.26. The number of allylic oxidation sites excluding steroid dienone is 2. The molecule has 5 nitrogen and oxygen atoms in total. The monoisotopic (exact) mass is 376 g/mol. The second-order valence-corrected chi connectivity index (χ2v) is 8.06. The molecule has 0 bridgehead atoms. The molecule has 0 fully saturated rings. The van der Waals surface area contributed by atoms with Gasteiger partial charge in [0.2, 0.25) is 5.88 Å². The van der Waals surface area contributed by atoms with Crippen LogP contribution in [0.15, 0.2) is 41.2 Å². The molecule has 1 aliphatic heterocycles. The maximum atomic E-state index is 5.29. The van der Waals surface area contributed by atoms with E-state index in [2.05, 4.69) is 61.4 Å². The highest BCUT2D eigenvalue weighted by Crippen LogP contribution is 2.38. The Morgan fingerprint density at radius 3 is 2.86 bits per heavy atom. The maximum Gasteiger partial charge on any atom is 0.215 e. The summed E-state index contributed by atoms with van der Waals surface area (Å²) in [5.41, 5.74) is 7.41. The number of hydrogen-bond donors (Lipinski definition) is 1. The molecule has 5 heteroatoms. The van der Waals surface area contributed by atoms with Gasteiger partial charge in [-0.3, -0.25) is 0 Å². The fourth-order valence-electron chi connectivity index (χ4n) is 4.18. The van der Waals surface area contributed by atoms with Gasteiger partial charge in [0.25, 0.3) is 0 Å². The summed E-state index contributed by atoms with van der Waals surface area (Å²) in [6.07, 6.45) is 5.03. The molecule has 1 aliphatic carbocycles. The molecule has 0 radical (unpaired) electrons. The van der Waals surface area contributed by atoms with E-state index in [0.29, 0.717) is 11.8 Å². The van der Waals surface area contributed by atoms with Gasteiger partial charge in [0.05, 0.1) is 18.2 Å². The Kier molecular flexibility index (Phi) is 4.94. The van der Waals surface area contributed by atoms with Crippen molar-refractivity contribution in [2.45, 2.75) is 20.3 Å². The van der Waals surface area contributed by atoms with Crippen LogP contribution < -0.4 is 20.6 Å². The van der Waals surface area contributed by atoms with E-state index >= 15 is 0 Å². The minimum absolute atomic E-state index is 0.557. The molecule has 2 aliphatic rings. The molecule has 1 aromatic heterocycles. The van der Waals surface area contributed by atoms with Gasteiger partial charge in [0, 0.05) is 47.4 Å². The molecule has 1 aromatic carbocycles. The molecule has 0 amide bonds. The van der Waals surface area contributed by atoms with Crippen molar-refractivity contribution < 1.29 is 4.74 Å². The van der Waals surface area contributed by atoms with Crippen LogP contribution in [-0.2, 0) is 6.42 Å². The van der Waals surface area contributed by atoms with E-state index in [1.54, 1.807) is 7.11 Å². The van der Waals surface area contributed by atoms with Crippen molar-refractivity contribution in [3.05, 3.63) is 63.4 Å². The molecule has 2 heterocycles. The van der Waals surface area contributed by atoms with E-state index in [0.717, 1.165) is 35.8 Å². The average Bonchev–Trinajstić information content (AvgIpc) is 3.04. The van der Waals surface area contributed by atoms with Crippen molar-refractivity contribution >= 4 is 11.3 Å². The Hall–Kier alpha value is -2.66.